The molecule has 28 heavy (non-hydrogen) atoms. The molecule has 7 heteroatoms. The van der Waals surface area contributed by atoms with Crippen molar-refractivity contribution in [2.45, 2.75) is 19.4 Å². The summed E-state index contributed by atoms with van der Waals surface area (Å²) in [7, 11) is 0. The number of amides is 2. The summed E-state index contributed by atoms with van der Waals surface area (Å²) in [6.45, 7) is 2.84. The van der Waals surface area contributed by atoms with Crippen molar-refractivity contribution in [1.29, 1.82) is 0 Å². The molecule has 0 saturated carbocycles. The maximum Gasteiger partial charge on any atom is 0.252 e. The fourth-order valence-electron chi connectivity index (χ4n) is 3.55. The smallest absolute Gasteiger partial charge is 0.252 e. The molecule has 0 aliphatic carbocycles. The highest BCUT2D eigenvalue weighted by atomic mass is 16.5. The van der Waals surface area contributed by atoms with E-state index in [1.54, 1.807) is 17.2 Å². The molecule has 2 aliphatic rings. The highest BCUT2D eigenvalue weighted by Gasteiger charge is 2.26. The molecule has 1 aromatic carbocycles. The number of hydrogen-bond acceptors (Lipinski definition) is 5. The molecule has 2 N–H and O–H groups in total. The van der Waals surface area contributed by atoms with Crippen LogP contribution in [-0.2, 0) is 16.1 Å². The van der Waals surface area contributed by atoms with Crippen LogP contribution in [0.3, 0.4) is 0 Å². The molecule has 7 nitrogen and oxygen atoms in total. The van der Waals surface area contributed by atoms with E-state index in [0.717, 1.165) is 31.6 Å². The summed E-state index contributed by atoms with van der Waals surface area (Å²) in [6, 6.07) is 11.5. The Morgan fingerprint density at radius 3 is 2.96 bits per heavy atom. The van der Waals surface area contributed by atoms with E-state index in [4.69, 9.17) is 4.74 Å². The van der Waals surface area contributed by atoms with Gasteiger partial charge in [0.25, 0.3) is 5.91 Å². The number of anilines is 2. The minimum absolute atomic E-state index is 0.0445. The highest BCUT2D eigenvalue weighted by Crippen LogP contribution is 2.29. The number of nitrogens with one attached hydrogen (secondary N) is 2. The number of aromatic nitrogens is 1. The number of fused-ring (bicyclic) bond motifs is 1. The zero-order valence-electron chi connectivity index (χ0n) is 15.7. The lowest BCUT2D eigenvalue weighted by Gasteiger charge is -2.29. The molecular weight excluding hydrogens is 356 g/mol. The van der Waals surface area contributed by atoms with Crippen LogP contribution in [0.4, 0.5) is 11.5 Å². The molecule has 0 radical (unpaired) electrons. The van der Waals surface area contributed by atoms with Crippen LogP contribution in [0, 0.1) is 5.92 Å². The van der Waals surface area contributed by atoms with Gasteiger partial charge in [-0.25, -0.2) is 4.98 Å². The quantitative estimate of drug-likeness (QED) is 0.803. The molecule has 1 unspecified atom stereocenters. The second-order valence-electron chi connectivity index (χ2n) is 7.18. The summed E-state index contributed by atoms with van der Waals surface area (Å²) >= 11 is 0. The van der Waals surface area contributed by atoms with Crippen molar-refractivity contribution in [1.82, 2.24) is 10.3 Å². The van der Waals surface area contributed by atoms with E-state index in [1.165, 1.54) is 0 Å². The van der Waals surface area contributed by atoms with E-state index in [0.29, 0.717) is 36.1 Å². The predicted octanol–water partition coefficient (Wildman–Crippen LogP) is 2.20. The van der Waals surface area contributed by atoms with Gasteiger partial charge in [0.1, 0.15) is 0 Å². The lowest BCUT2D eigenvalue weighted by Crippen LogP contribution is -2.40. The number of ether oxygens (including phenoxy) is 1. The number of pyridine rings is 1. The number of carbonyl (C=O) groups excluding carboxylic acids is 2. The Kier molecular flexibility index (Phi) is 5.53. The third-order valence-electron chi connectivity index (χ3n) is 5.17. The maximum atomic E-state index is 12.5. The molecule has 0 spiro atoms. The SMILES string of the molecule is O=C(NCCC1CCOC1)c1cnc2c(c1)N(Cc1ccccc1)C(=O)CN2. The Labute approximate surface area is 164 Å². The van der Waals surface area contributed by atoms with E-state index in [9.17, 15) is 9.59 Å². The number of carbonyl (C=O) groups is 2. The van der Waals surface area contributed by atoms with Crippen molar-refractivity contribution >= 4 is 23.3 Å². The zero-order chi connectivity index (χ0) is 19.3. The first-order chi connectivity index (χ1) is 13.7. The van der Waals surface area contributed by atoms with Gasteiger partial charge in [-0.15, -0.1) is 0 Å². The fraction of sp³-hybridized carbons (Fsp3) is 0.381. The third-order valence-corrected chi connectivity index (χ3v) is 5.17. The molecule has 1 aromatic heterocycles. The molecule has 3 heterocycles. The van der Waals surface area contributed by atoms with Gasteiger partial charge in [-0.3, -0.25) is 9.59 Å². The van der Waals surface area contributed by atoms with Crippen molar-refractivity contribution in [3.05, 3.63) is 53.7 Å². The average Bonchev–Trinajstić information content (AvgIpc) is 3.24. The van der Waals surface area contributed by atoms with Crippen LogP contribution in [-0.4, -0.2) is 43.1 Å². The van der Waals surface area contributed by atoms with E-state index in [2.05, 4.69) is 15.6 Å². The zero-order valence-corrected chi connectivity index (χ0v) is 15.7. The van der Waals surface area contributed by atoms with Crippen molar-refractivity contribution in [3.8, 4) is 0 Å². The fourth-order valence-corrected chi connectivity index (χ4v) is 3.55. The largest absolute Gasteiger partial charge is 0.381 e. The Morgan fingerprint density at radius 2 is 2.18 bits per heavy atom. The second kappa shape index (κ2) is 8.39. The summed E-state index contributed by atoms with van der Waals surface area (Å²) in [5, 5.41) is 5.98. The molecule has 2 amide bonds. The first kappa shape index (κ1) is 18.4. The molecule has 2 aromatic rings. The molecule has 0 bridgehead atoms. The van der Waals surface area contributed by atoms with Gasteiger partial charge in [-0.1, -0.05) is 30.3 Å². The Hall–Kier alpha value is -2.93. The van der Waals surface area contributed by atoms with Crippen molar-refractivity contribution < 1.29 is 14.3 Å². The van der Waals surface area contributed by atoms with Gasteiger partial charge in [0.15, 0.2) is 5.82 Å². The van der Waals surface area contributed by atoms with E-state index in [-0.39, 0.29) is 18.4 Å². The number of nitrogens with zero attached hydrogens (tertiary/aromatic N) is 2. The standard InChI is InChI=1S/C21H24N4O3/c26-19-12-24-20-18(25(19)13-15-4-2-1-3-5-15)10-17(11-23-20)21(27)22-8-6-16-7-9-28-14-16/h1-5,10-11,16H,6-9,12-14H2,(H,22,27)(H,23,24). The van der Waals surface area contributed by atoms with Crippen LogP contribution >= 0.6 is 0 Å². The Bertz CT molecular complexity index is 850. The van der Waals surface area contributed by atoms with Gasteiger partial charge in [0, 0.05) is 26.0 Å². The van der Waals surface area contributed by atoms with Crippen LogP contribution in [0.5, 0.6) is 0 Å². The van der Waals surface area contributed by atoms with Crippen molar-refractivity contribution in [2.24, 2.45) is 5.92 Å². The van der Waals surface area contributed by atoms with Crippen molar-refractivity contribution in [3.63, 3.8) is 0 Å². The van der Waals surface area contributed by atoms with Crippen molar-refractivity contribution in [2.75, 3.05) is 36.5 Å². The van der Waals surface area contributed by atoms with Crippen LogP contribution in [0.1, 0.15) is 28.8 Å². The van der Waals surface area contributed by atoms with Gasteiger partial charge in [-0.05, 0) is 30.4 Å². The maximum absolute atomic E-state index is 12.5. The van der Waals surface area contributed by atoms with Crippen LogP contribution in [0.2, 0.25) is 0 Å². The summed E-state index contributed by atoms with van der Waals surface area (Å²) in [5.74, 6) is 0.921. The van der Waals surface area contributed by atoms with Gasteiger partial charge in [-0.2, -0.15) is 0 Å². The molecule has 1 fully saturated rings. The molecule has 146 valence electrons. The van der Waals surface area contributed by atoms with Gasteiger partial charge >= 0.3 is 0 Å². The first-order valence-electron chi connectivity index (χ1n) is 9.65. The normalized spacial score (nSPS) is 18.5. The summed E-state index contributed by atoms with van der Waals surface area (Å²) < 4.78 is 5.37. The Balaban J connectivity index is 1.47. The lowest BCUT2D eigenvalue weighted by atomic mass is 10.1. The minimum atomic E-state index is -0.174. The molecule has 4 rings (SSSR count). The first-order valence-corrected chi connectivity index (χ1v) is 9.65. The molecule has 1 saturated heterocycles. The molecule has 2 aliphatic heterocycles. The van der Waals surface area contributed by atoms with E-state index < -0.39 is 0 Å². The van der Waals surface area contributed by atoms with E-state index in [1.807, 2.05) is 30.3 Å². The monoisotopic (exact) mass is 380 g/mol. The third kappa shape index (κ3) is 4.14. The van der Waals surface area contributed by atoms with Gasteiger partial charge in [0.05, 0.1) is 24.3 Å². The lowest BCUT2D eigenvalue weighted by molar-refractivity contribution is -0.117. The van der Waals surface area contributed by atoms with Gasteiger partial charge < -0.3 is 20.3 Å². The molecular formula is C21H24N4O3. The van der Waals surface area contributed by atoms with Crippen LogP contribution in [0.15, 0.2) is 42.6 Å². The Morgan fingerprint density at radius 1 is 1.32 bits per heavy atom. The topological polar surface area (TPSA) is 83.6 Å². The molecule has 1 atom stereocenters. The predicted molar refractivity (Wildman–Crippen MR) is 106 cm³/mol. The number of benzene rings is 1. The minimum Gasteiger partial charge on any atom is -0.381 e. The summed E-state index contributed by atoms with van der Waals surface area (Å²) in [5.41, 5.74) is 2.12. The second-order valence-corrected chi connectivity index (χ2v) is 7.18. The summed E-state index contributed by atoms with van der Waals surface area (Å²) in [4.78, 5) is 31.1. The number of hydrogen-bond donors (Lipinski definition) is 2. The van der Waals surface area contributed by atoms with Crippen LogP contribution < -0.4 is 15.5 Å². The van der Waals surface area contributed by atoms with Crippen LogP contribution in [0.25, 0.3) is 0 Å². The highest BCUT2D eigenvalue weighted by molar-refractivity contribution is 6.04. The van der Waals surface area contributed by atoms with E-state index >= 15 is 0 Å². The average molecular weight is 380 g/mol. The number of rotatable bonds is 6. The van der Waals surface area contributed by atoms with Gasteiger partial charge in [0.2, 0.25) is 5.91 Å². The summed E-state index contributed by atoms with van der Waals surface area (Å²) in [6.07, 6.45) is 3.51.